The molecule has 0 radical (unpaired) electrons. The molecule has 3 nitrogen and oxygen atoms in total. The van der Waals surface area contributed by atoms with Crippen LogP contribution in [0, 0.1) is 12.3 Å². The van der Waals surface area contributed by atoms with Crippen LogP contribution >= 0.6 is 43.5 Å². The van der Waals surface area contributed by atoms with Crippen LogP contribution in [-0.2, 0) is 10.0 Å². The highest BCUT2D eigenvalue weighted by atomic mass is 79.9. The molecule has 0 atom stereocenters. The van der Waals surface area contributed by atoms with Crippen LogP contribution in [0.5, 0.6) is 0 Å². The van der Waals surface area contributed by atoms with E-state index in [2.05, 4.69) is 36.6 Å². The molecular formula is C14H20Br2ClNO2S. The summed E-state index contributed by atoms with van der Waals surface area (Å²) in [5, 5.41) is 0. The molecule has 0 unspecified atom stereocenters. The molecule has 1 aromatic carbocycles. The van der Waals surface area contributed by atoms with E-state index in [0.717, 1.165) is 22.9 Å². The Morgan fingerprint density at radius 3 is 2.24 bits per heavy atom. The fourth-order valence-corrected chi connectivity index (χ4v) is 5.20. The highest BCUT2D eigenvalue weighted by molar-refractivity contribution is 9.11. The molecule has 120 valence electrons. The third-order valence-electron chi connectivity index (χ3n) is 3.92. The van der Waals surface area contributed by atoms with Crippen molar-refractivity contribution >= 4 is 53.5 Å². The second-order valence-electron chi connectivity index (χ2n) is 5.20. The van der Waals surface area contributed by atoms with Gasteiger partial charge in [0.05, 0.1) is 4.90 Å². The lowest BCUT2D eigenvalue weighted by Crippen LogP contribution is -2.38. The molecule has 1 rings (SSSR count). The van der Waals surface area contributed by atoms with E-state index < -0.39 is 10.0 Å². The maximum absolute atomic E-state index is 12.5. The van der Waals surface area contributed by atoms with Crippen molar-refractivity contribution in [2.24, 2.45) is 5.41 Å². The monoisotopic (exact) mass is 459 g/mol. The minimum absolute atomic E-state index is 0.205. The largest absolute Gasteiger partial charge is 0.241 e. The fourth-order valence-electron chi connectivity index (χ4n) is 1.90. The third kappa shape index (κ3) is 4.67. The number of aryl methyl sites for hydroxylation is 1. The first-order valence-corrected chi connectivity index (χ1v) is 10.3. The summed E-state index contributed by atoms with van der Waals surface area (Å²) < 4.78 is 29.0. The zero-order valence-electron chi connectivity index (χ0n) is 12.3. The van der Waals surface area contributed by atoms with Crippen molar-refractivity contribution in [2.45, 2.75) is 38.5 Å². The molecule has 0 heterocycles. The maximum atomic E-state index is 12.5. The topological polar surface area (TPSA) is 46.2 Å². The zero-order chi connectivity index (χ0) is 16.3. The van der Waals surface area contributed by atoms with Crippen molar-refractivity contribution in [3.63, 3.8) is 0 Å². The minimum Gasteiger partial charge on any atom is -0.211 e. The summed E-state index contributed by atoms with van der Waals surface area (Å²) in [6.45, 7) is 6.30. The molecule has 0 spiro atoms. The Morgan fingerprint density at radius 2 is 1.76 bits per heavy atom. The lowest BCUT2D eigenvalue weighted by molar-refractivity contribution is 0.304. The number of alkyl halides is 1. The molecule has 0 amide bonds. The van der Waals surface area contributed by atoms with Crippen molar-refractivity contribution in [1.29, 1.82) is 0 Å². The van der Waals surface area contributed by atoms with Crippen molar-refractivity contribution < 1.29 is 8.42 Å². The van der Waals surface area contributed by atoms with Crippen LogP contribution in [0.3, 0.4) is 0 Å². The predicted molar refractivity (Wildman–Crippen MR) is 95.5 cm³/mol. The Kier molecular flexibility index (Phi) is 7.19. The molecule has 0 bridgehead atoms. The fraction of sp³-hybridized carbons (Fsp3) is 0.571. The van der Waals surface area contributed by atoms with Crippen molar-refractivity contribution in [2.75, 3.05) is 12.4 Å². The second kappa shape index (κ2) is 7.77. The van der Waals surface area contributed by atoms with Crippen LogP contribution in [-0.4, -0.2) is 20.8 Å². The summed E-state index contributed by atoms with van der Waals surface area (Å²) in [4.78, 5) is 0.232. The van der Waals surface area contributed by atoms with E-state index in [1.807, 2.05) is 20.8 Å². The number of sulfonamides is 1. The Bertz CT molecular complexity index is 593. The van der Waals surface area contributed by atoms with E-state index in [0.29, 0.717) is 16.9 Å². The summed E-state index contributed by atoms with van der Waals surface area (Å²) >= 11 is 12.7. The van der Waals surface area contributed by atoms with E-state index in [1.54, 1.807) is 12.1 Å². The Balaban J connectivity index is 3.05. The SMILES string of the molecule is CCC(CC)(CCl)CNS(=O)(=O)c1cc(Br)c(C)cc1Br. The van der Waals surface area contributed by atoms with Gasteiger partial charge in [0.2, 0.25) is 10.0 Å². The first-order chi connectivity index (χ1) is 9.71. The number of hydrogen-bond acceptors (Lipinski definition) is 2. The van der Waals surface area contributed by atoms with Crippen LogP contribution in [0.4, 0.5) is 0 Å². The van der Waals surface area contributed by atoms with Crippen molar-refractivity contribution in [3.05, 3.63) is 26.6 Å². The summed E-state index contributed by atoms with van der Waals surface area (Å²) in [5.74, 6) is 0.432. The van der Waals surface area contributed by atoms with Gasteiger partial charge in [-0.3, -0.25) is 0 Å². The second-order valence-corrected chi connectivity index (χ2v) is 8.91. The van der Waals surface area contributed by atoms with Crippen LogP contribution in [0.25, 0.3) is 0 Å². The van der Waals surface area contributed by atoms with Gasteiger partial charge in [0.1, 0.15) is 0 Å². The van der Waals surface area contributed by atoms with Gasteiger partial charge in [-0.25, -0.2) is 13.1 Å². The Hall–Kier alpha value is 0.380. The summed E-state index contributed by atoms with van der Waals surface area (Å²) in [5.41, 5.74) is 0.765. The smallest absolute Gasteiger partial charge is 0.211 e. The minimum atomic E-state index is -3.58. The number of benzene rings is 1. The Labute approximate surface area is 149 Å². The zero-order valence-corrected chi connectivity index (χ0v) is 17.1. The quantitative estimate of drug-likeness (QED) is 0.591. The van der Waals surface area contributed by atoms with E-state index in [9.17, 15) is 8.42 Å². The number of nitrogens with one attached hydrogen (secondary N) is 1. The molecule has 1 aromatic rings. The standard InChI is InChI=1S/C14H20Br2ClNO2S/c1-4-14(5-2,8-17)9-18-21(19,20)13-7-11(15)10(3)6-12(13)16/h6-7,18H,4-5,8-9H2,1-3H3. The molecule has 0 aliphatic carbocycles. The van der Waals surface area contributed by atoms with Gasteiger partial charge in [-0.15, -0.1) is 11.6 Å². The van der Waals surface area contributed by atoms with E-state index in [-0.39, 0.29) is 10.3 Å². The van der Waals surface area contributed by atoms with Crippen LogP contribution in [0.1, 0.15) is 32.3 Å². The molecule has 21 heavy (non-hydrogen) atoms. The highest BCUT2D eigenvalue weighted by Crippen LogP contribution is 2.31. The molecule has 7 heteroatoms. The molecule has 1 N–H and O–H groups in total. The van der Waals surface area contributed by atoms with E-state index in [1.165, 1.54) is 0 Å². The maximum Gasteiger partial charge on any atom is 0.241 e. The lowest BCUT2D eigenvalue weighted by Gasteiger charge is -2.29. The third-order valence-corrected chi connectivity index (χ3v) is 7.70. The summed E-state index contributed by atoms with van der Waals surface area (Å²) in [6.07, 6.45) is 1.66. The van der Waals surface area contributed by atoms with Gasteiger partial charge >= 0.3 is 0 Å². The van der Waals surface area contributed by atoms with Gasteiger partial charge in [0, 0.05) is 21.4 Å². The molecule has 0 fully saturated rings. The number of halogens is 3. The first kappa shape index (κ1) is 19.4. The first-order valence-electron chi connectivity index (χ1n) is 6.72. The number of hydrogen-bond donors (Lipinski definition) is 1. The predicted octanol–water partition coefficient (Wildman–Crippen LogP) is 4.84. The lowest BCUT2D eigenvalue weighted by atomic mass is 9.85. The molecule has 0 aromatic heterocycles. The number of rotatable bonds is 7. The van der Waals surface area contributed by atoms with Gasteiger partial charge < -0.3 is 0 Å². The van der Waals surface area contributed by atoms with Gasteiger partial charge in [-0.05, 0) is 58.8 Å². The summed E-state index contributed by atoms with van der Waals surface area (Å²) in [6, 6.07) is 3.40. The molecule has 0 aliphatic rings. The van der Waals surface area contributed by atoms with Crippen LogP contribution < -0.4 is 4.72 Å². The van der Waals surface area contributed by atoms with Gasteiger partial charge in [0.25, 0.3) is 0 Å². The van der Waals surface area contributed by atoms with Crippen LogP contribution in [0.15, 0.2) is 26.0 Å². The average molecular weight is 462 g/mol. The van der Waals surface area contributed by atoms with Gasteiger partial charge in [-0.2, -0.15) is 0 Å². The van der Waals surface area contributed by atoms with Gasteiger partial charge in [0.15, 0.2) is 0 Å². The van der Waals surface area contributed by atoms with Crippen molar-refractivity contribution in [3.8, 4) is 0 Å². The Morgan fingerprint density at radius 1 is 1.19 bits per heavy atom. The van der Waals surface area contributed by atoms with E-state index in [4.69, 9.17) is 11.6 Å². The molecule has 0 saturated carbocycles. The van der Waals surface area contributed by atoms with Crippen LogP contribution in [0.2, 0.25) is 0 Å². The molecular weight excluding hydrogens is 441 g/mol. The van der Waals surface area contributed by atoms with Gasteiger partial charge in [-0.1, -0.05) is 29.8 Å². The molecule has 0 saturated heterocycles. The normalized spacial score (nSPS) is 12.7. The highest BCUT2D eigenvalue weighted by Gasteiger charge is 2.28. The van der Waals surface area contributed by atoms with Crippen molar-refractivity contribution in [1.82, 2.24) is 4.72 Å². The summed E-state index contributed by atoms with van der Waals surface area (Å²) in [7, 11) is -3.58. The van der Waals surface area contributed by atoms with E-state index >= 15 is 0 Å². The molecule has 0 aliphatic heterocycles. The average Bonchev–Trinajstić information content (AvgIpc) is 2.45.